The van der Waals surface area contributed by atoms with Crippen molar-refractivity contribution < 1.29 is 0 Å². The third-order valence-corrected chi connectivity index (χ3v) is 4.34. The molecule has 0 unspecified atom stereocenters. The highest BCUT2D eigenvalue weighted by atomic mass is 127. The van der Waals surface area contributed by atoms with Crippen LogP contribution in [0.2, 0.25) is 0 Å². The van der Waals surface area contributed by atoms with Gasteiger partial charge in [0.15, 0.2) is 5.96 Å². The van der Waals surface area contributed by atoms with Gasteiger partial charge in [-0.2, -0.15) is 0 Å². The third kappa shape index (κ3) is 4.47. The van der Waals surface area contributed by atoms with Crippen LogP contribution in [0.1, 0.15) is 37.7 Å². The van der Waals surface area contributed by atoms with E-state index in [1.807, 2.05) is 12.3 Å². The lowest BCUT2D eigenvalue weighted by Crippen LogP contribution is -2.40. The highest BCUT2D eigenvalue weighted by Crippen LogP contribution is 2.19. The number of aliphatic imine (C=N–C) groups is 1. The first-order chi connectivity index (χ1) is 10.3. The molecule has 6 heteroatoms. The van der Waals surface area contributed by atoms with Crippen molar-refractivity contribution in [1.82, 2.24) is 9.88 Å². The zero-order valence-corrected chi connectivity index (χ0v) is 15.4. The quantitative estimate of drug-likeness (QED) is 0.469. The van der Waals surface area contributed by atoms with E-state index < -0.39 is 0 Å². The number of guanidine groups is 1. The molecule has 2 N–H and O–H groups in total. The van der Waals surface area contributed by atoms with Crippen molar-refractivity contribution in [2.24, 2.45) is 10.7 Å². The van der Waals surface area contributed by atoms with Crippen molar-refractivity contribution >= 4 is 35.8 Å². The second-order valence-corrected chi connectivity index (χ2v) is 5.94. The number of pyridine rings is 1. The Morgan fingerprint density at radius 3 is 2.50 bits per heavy atom. The molecule has 0 radical (unpaired) electrons. The molecule has 2 aliphatic heterocycles. The molecule has 22 heavy (non-hydrogen) atoms. The minimum absolute atomic E-state index is 0. The van der Waals surface area contributed by atoms with E-state index in [1.165, 1.54) is 37.7 Å². The molecular formula is C16H26IN5. The molecule has 0 saturated carbocycles. The van der Waals surface area contributed by atoms with Gasteiger partial charge in [-0.05, 0) is 49.8 Å². The zero-order valence-electron chi connectivity index (χ0n) is 13.1. The summed E-state index contributed by atoms with van der Waals surface area (Å²) in [6.07, 6.45) is 8.19. The van der Waals surface area contributed by atoms with Crippen molar-refractivity contribution in [1.29, 1.82) is 0 Å². The lowest BCUT2D eigenvalue weighted by Gasteiger charge is -2.27. The smallest absolute Gasteiger partial charge is 0.191 e. The zero-order chi connectivity index (χ0) is 14.5. The molecule has 0 aliphatic carbocycles. The molecule has 2 fully saturated rings. The van der Waals surface area contributed by atoms with Crippen LogP contribution in [0.4, 0.5) is 5.82 Å². The number of rotatable bonds is 3. The Hall–Kier alpha value is -1.05. The Morgan fingerprint density at radius 1 is 1.09 bits per heavy atom. The molecule has 0 bridgehead atoms. The van der Waals surface area contributed by atoms with Gasteiger partial charge in [0.25, 0.3) is 0 Å². The summed E-state index contributed by atoms with van der Waals surface area (Å²) in [5.74, 6) is 1.77. The average Bonchev–Trinajstić information content (AvgIpc) is 3.08. The topological polar surface area (TPSA) is 57.8 Å². The van der Waals surface area contributed by atoms with E-state index in [1.54, 1.807) is 0 Å². The first-order valence-corrected chi connectivity index (χ1v) is 8.08. The van der Waals surface area contributed by atoms with Crippen molar-refractivity contribution in [3.8, 4) is 0 Å². The van der Waals surface area contributed by atoms with Crippen LogP contribution in [-0.4, -0.2) is 42.0 Å². The van der Waals surface area contributed by atoms with E-state index in [4.69, 9.17) is 5.73 Å². The number of piperidine rings is 1. The summed E-state index contributed by atoms with van der Waals surface area (Å²) < 4.78 is 0. The maximum absolute atomic E-state index is 6.11. The largest absolute Gasteiger partial charge is 0.370 e. The number of nitrogens with two attached hydrogens (primary N) is 1. The van der Waals surface area contributed by atoms with E-state index in [-0.39, 0.29) is 24.0 Å². The third-order valence-electron chi connectivity index (χ3n) is 4.34. The highest BCUT2D eigenvalue weighted by molar-refractivity contribution is 14.0. The molecule has 3 heterocycles. The predicted molar refractivity (Wildman–Crippen MR) is 102 cm³/mol. The van der Waals surface area contributed by atoms with E-state index in [0.29, 0.717) is 12.5 Å². The fraction of sp³-hybridized carbons (Fsp3) is 0.625. The van der Waals surface area contributed by atoms with Crippen molar-refractivity contribution in [3.05, 3.63) is 23.9 Å². The molecule has 122 valence electrons. The molecule has 0 aromatic carbocycles. The fourth-order valence-electron chi connectivity index (χ4n) is 3.07. The molecule has 1 aromatic rings. The molecule has 1 aromatic heterocycles. The molecule has 5 nitrogen and oxygen atoms in total. The second kappa shape index (κ2) is 8.55. The molecule has 0 atom stereocenters. The van der Waals surface area contributed by atoms with Gasteiger partial charge in [0.1, 0.15) is 5.82 Å². The maximum atomic E-state index is 6.11. The van der Waals surface area contributed by atoms with Crippen LogP contribution in [-0.2, 0) is 6.54 Å². The number of halogens is 1. The van der Waals surface area contributed by atoms with E-state index >= 15 is 0 Å². The SMILES string of the molecule is I.NC(=NCc1ccnc(N2CCCC2)c1)N1CCCCC1. The van der Waals surface area contributed by atoms with Gasteiger partial charge in [-0.1, -0.05) is 0 Å². The van der Waals surface area contributed by atoms with Crippen molar-refractivity contribution in [2.75, 3.05) is 31.1 Å². The lowest BCUT2D eigenvalue weighted by atomic mass is 10.1. The van der Waals surface area contributed by atoms with Gasteiger partial charge in [-0.3, -0.25) is 0 Å². The van der Waals surface area contributed by atoms with E-state index in [9.17, 15) is 0 Å². The predicted octanol–water partition coefficient (Wildman–Crippen LogP) is 2.60. The fourth-order valence-corrected chi connectivity index (χ4v) is 3.07. The number of hydrogen-bond donors (Lipinski definition) is 1. The number of hydrogen-bond acceptors (Lipinski definition) is 3. The van der Waals surface area contributed by atoms with Crippen LogP contribution in [0.5, 0.6) is 0 Å². The maximum Gasteiger partial charge on any atom is 0.191 e. The van der Waals surface area contributed by atoms with Crippen LogP contribution < -0.4 is 10.6 Å². The minimum Gasteiger partial charge on any atom is -0.370 e. The highest BCUT2D eigenvalue weighted by Gasteiger charge is 2.14. The average molecular weight is 415 g/mol. The van der Waals surface area contributed by atoms with Crippen LogP contribution in [0.25, 0.3) is 0 Å². The second-order valence-electron chi connectivity index (χ2n) is 5.94. The number of likely N-dealkylation sites (tertiary alicyclic amines) is 1. The Labute approximate surface area is 150 Å². The first-order valence-electron chi connectivity index (χ1n) is 8.08. The van der Waals surface area contributed by atoms with Crippen LogP contribution in [0.3, 0.4) is 0 Å². The summed E-state index contributed by atoms with van der Waals surface area (Å²) in [7, 11) is 0. The van der Waals surface area contributed by atoms with Crippen LogP contribution in [0, 0.1) is 0 Å². The lowest BCUT2D eigenvalue weighted by molar-refractivity contribution is 0.338. The van der Waals surface area contributed by atoms with Crippen molar-refractivity contribution in [3.63, 3.8) is 0 Å². The van der Waals surface area contributed by atoms with Crippen LogP contribution >= 0.6 is 24.0 Å². The first kappa shape index (κ1) is 17.3. The Bertz CT molecular complexity index is 493. The van der Waals surface area contributed by atoms with Gasteiger partial charge in [0.2, 0.25) is 0 Å². The summed E-state index contributed by atoms with van der Waals surface area (Å²) >= 11 is 0. The molecular weight excluding hydrogens is 389 g/mol. The van der Waals surface area contributed by atoms with E-state index in [0.717, 1.165) is 32.0 Å². The van der Waals surface area contributed by atoms with Gasteiger partial charge in [0, 0.05) is 32.4 Å². The Morgan fingerprint density at radius 2 is 1.77 bits per heavy atom. The molecule has 2 saturated heterocycles. The monoisotopic (exact) mass is 415 g/mol. The number of nitrogens with zero attached hydrogens (tertiary/aromatic N) is 4. The van der Waals surface area contributed by atoms with Gasteiger partial charge >= 0.3 is 0 Å². The molecule has 3 rings (SSSR count). The summed E-state index contributed by atoms with van der Waals surface area (Å²) in [5, 5.41) is 0. The summed E-state index contributed by atoms with van der Waals surface area (Å²) in [6, 6.07) is 4.19. The van der Waals surface area contributed by atoms with Crippen LogP contribution in [0.15, 0.2) is 23.3 Å². The van der Waals surface area contributed by atoms with Gasteiger partial charge in [-0.25, -0.2) is 9.98 Å². The molecule has 0 amide bonds. The van der Waals surface area contributed by atoms with Crippen molar-refractivity contribution in [2.45, 2.75) is 38.6 Å². The summed E-state index contributed by atoms with van der Waals surface area (Å²) in [4.78, 5) is 13.6. The molecule has 0 spiro atoms. The number of anilines is 1. The minimum atomic E-state index is 0. The van der Waals surface area contributed by atoms with Gasteiger partial charge < -0.3 is 15.5 Å². The van der Waals surface area contributed by atoms with Gasteiger partial charge in [-0.15, -0.1) is 24.0 Å². The normalized spacial score (nSPS) is 19.2. The van der Waals surface area contributed by atoms with Gasteiger partial charge in [0.05, 0.1) is 6.54 Å². The molecule has 2 aliphatic rings. The summed E-state index contributed by atoms with van der Waals surface area (Å²) in [5.41, 5.74) is 7.29. The summed E-state index contributed by atoms with van der Waals surface area (Å²) in [6.45, 7) is 4.98. The number of aromatic nitrogens is 1. The Balaban J connectivity index is 0.00000176. The standard InChI is InChI=1S/C16H25N5.HI/c17-16(21-10-2-1-3-11-21)19-13-14-6-7-18-15(12-14)20-8-4-5-9-20;/h6-7,12H,1-5,8-11,13H2,(H2,17,19);1H. The Kier molecular flexibility index (Phi) is 6.72. The van der Waals surface area contributed by atoms with E-state index in [2.05, 4.69) is 25.8 Å².